The minimum Gasteiger partial charge on any atom is -0.493 e. The van der Waals surface area contributed by atoms with Gasteiger partial charge in [0.1, 0.15) is 5.78 Å². The van der Waals surface area contributed by atoms with Crippen molar-refractivity contribution in [2.24, 2.45) is 0 Å². The van der Waals surface area contributed by atoms with E-state index in [1.807, 2.05) is 30.3 Å². The van der Waals surface area contributed by atoms with Gasteiger partial charge in [-0.05, 0) is 25.0 Å². The summed E-state index contributed by atoms with van der Waals surface area (Å²) in [4.78, 5) is 11.6. The van der Waals surface area contributed by atoms with E-state index >= 15 is 0 Å². The first-order valence-electron chi connectivity index (χ1n) is 8.82. The normalized spacial score (nSPS) is 11.6. The lowest BCUT2D eigenvalue weighted by atomic mass is 9.99. The fourth-order valence-corrected chi connectivity index (χ4v) is 4.56. The lowest BCUT2D eigenvalue weighted by Gasteiger charge is -2.10. The van der Waals surface area contributed by atoms with Crippen LogP contribution in [0.15, 0.2) is 42.5 Å². The molecule has 0 N–H and O–H groups in total. The number of nitrogens with zero attached hydrogens (tertiary/aromatic N) is 1. The standard InChI is InChI=1S/C21H23NO5S/c1-14(23)10-11-17-21(15-8-6-5-7-9-15)16-12-19(26-2)20(27-3)13-18(16)22(17)28(4,24)25/h5-9,12-13H,10-11H2,1-4H3. The van der Waals surface area contributed by atoms with E-state index in [0.717, 1.165) is 22.8 Å². The van der Waals surface area contributed by atoms with Crippen molar-refractivity contribution < 1.29 is 22.7 Å². The summed E-state index contributed by atoms with van der Waals surface area (Å²) in [5, 5.41) is 0.729. The van der Waals surface area contributed by atoms with Crippen molar-refractivity contribution in [3.63, 3.8) is 0 Å². The van der Waals surface area contributed by atoms with Crippen LogP contribution in [-0.2, 0) is 21.2 Å². The predicted molar refractivity (Wildman–Crippen MR) is 110 cm³/mol. The third-order valence-electron chi connectivity index (χ3n) is 4.63. The topological polar surface area (TPSA) is 74.6 Å². The van der Waals surface area contributed by atoms with Gasteiger partial charge in [-0.25, -0.2) is 12.4 Å². The molecular weight excluding hydrogens is 378 g/mol. The van der Waals surface area contributed by atoms with Gasteiger partial charge < -0.3 is 14.3 Å². The second kappa shape index (κ2) is 7.67. The number of carbonyl (C=O) groups excluding carboxylic acids is 1. The Balaban J connectivity index is 2.48. The van der Waals surface area contributed by atoms with Gasteiger partial charge in [0, 0.05) is 29.1 Å². The molecule has 1 aromatic heterocycles. The lowest BCUT2D eigenvalue weighted by molar-refractivity contribution is -0.117. The Morgan fingerprint density at radius 2 is 1.64 bits per heavy atom. The summed E-state index contributed by atoms with van der Waals surface area (Å²) < 4.78 is 37.6. The molecular formula is C21H23NO5S. The molecule has 2 aromatic carbocycles. The molecule has 0 aliphatic rings. The molecule has 0 atom stereocenters. The molecule has 0 fully saturated rings. The summed E-state index contributed by atoms with van der Waals surface area (Å²) in [5.74, 6) is 0.950. The predicted octanol–water partition coefficient (Wildman–Crippen LogP) is 3.65. The summed E-state index contributed by atoms with van der Waals surface area (Å²) in [7, 11) is -0.587. The molecule has 0 radical (unpaired) electrons. The fraction of sp³-hybridized carbons (Fsp3) is 0.286. The largest absolute Gasteiger partial charge is 0.493 e. The van der Waals surface area contributed by atoms with Gasteiger partial charge >= 0.3 is 0 Å². The van der Waals surface area contributed by atoms with E-state index in [4.69, 9.17) is 9.47 Å². The Labute approximate surface area is 164 Å². The van der Waals surface area contributed by atoms with E-state index in [2.05, 4.69) is 0 Å². The molecule has 0 amide bonds. The van der Waals surface area contributed by atoms with Gasteiger partial charge in [0.15, 0.2) is 11.5 Å². The van der Waals surface area contributed by atoms with Crippen LogP contribution in [0, 0.1) is 0 Å². The third-order valence-corrected chi connectivity index (χ3v) is 5.71. The van der Waals surface area contributed by atoms with Crippen molar-refractivity contribution in [1.82, 2.24) is 3.97 Å². The number of ketones is 1. The summed E-state index contributed by atoms with van der Waals surface area (Å²) in [6.07, 6.45) is 1.72. The molecule has 0 saturated carbocycles. The van der Waals surface area contributed by atoms with Crippen LogP contribution in [0.4, 0.5) is 0 Å². The van der Waals surface area contributed by atoms with Crippen LogP contribution in [0.25, 0.3) is 22.0 Å². The van der Waals surface area contributed by atoms with Gasteiger partial charge in [-0.2, -0.15) is 0 Å². The second-order valence-electron chi connectivity index (χ2n) is 6.64. The van der Waals surface area contributed by atoms with Crippen LogP contribution < -0.4 is 9.47 Å². The minimum absolute atomic E-state index is 0.000482. The average Bonchev–Trinajstić information content (AvgIpc) is 2.99. The van der Waals surface area contributed by atoms with Gasteiger partial charge in [-0.15, -0.1) is 0 Å². The number of benzene rings is 2. The number of aromatic nitrogens is 1. The SMILES string of the molecule is COc1cc2c(-c3ccccc3)c(CCC(C)=O)n(S(C)(=O)=O)c2cc1OC. The Morgan fingerprint density at radius 3 is 2.18 bits per heavy atom. The van der Waals surface area contributed by atoms with E-state index in [9.17, 15) is 13.2 Å². The molecule has 28 heavy (non-hydrogen) atoms. The molecule has 0 spiro atoms. The van der Waals surface area contributed by atoms with E-state index in [0.29, 0.717) is 29.1 Å². The quantitative estimate of drug-likeness (QED) is 0.604. The molecule has 0 aliphatic carbocycles. The van der Waals surface area contributed by atoms with Crippen molar-refractivity contribution >= 4 is 26.7 Å². The van der Waals surface area contributed by atoms with Crippen molar-refractivity contribution in [2.75, 3.05) is 20.5 Å². The van der Waals surface area contributed by atoms with E-state index < -0.39 is 10.0 Å². The van der Waals surface area contributed by atoms with E-state index in [1.165, 1.54) is 25.1 Å². The molecule has 7 heteroatoms. The van der Waals surface area contributed by atoms with E-state index in [-0.39, 0.29) is 12.2 Å². The molecule has 1 heterocycles. The maximum Gasteiger partial charge on any atom is 0.236 e. The number of fused-ring (bicyclic) bond motifs is 1. The minimum atomic E-state index is -3.63. The molecule has 0 bridgehead atoms. The first-order valence-corrected chi connectivity index (χ1v) is 10.7. The molecule has 6 nitrogen and oxygen atoms in total. The van der Waals surface area contributed by atoms with Crippen LogP contribution in [0.5, 0.6) is 11.5 Å². The number of hydrogen-bond acceptors (Lipinski definition) is 5. The molecule has 3 rings (SSSR count). The maximum atomic E-state index is 12.7. The van der Waals surface area contributed by atoms with Gasteiger partial charge in [-0.1, -0.05) is 30.3 Å². The number of rotatable bonds is 7. The number of hydrogen-bond donors (Lipinski definition) is 0. The summed E-state index contributed by atoms with van der Waals surface area (Å²) in [6, 6.07) is 13.0. The van der Waals surface area contributed by atoms with Crippen molar-refractivity contribution in [3.8, 4) is 22.6 Å². The van der Waals surface area contributed by atoms with Crippen LogP contribution in [0.3, 0.4) is 0 Å². The van der Waals surface area contributed by atoms with Crippen molar-refractivity contribution in [2.45, 2.75) is 19.8 Å². The first kappa shape index (κ1) is 19.9. The number of methoxy groups -OCH3 is 2. The Bertz CT molecular complexity index is 1130. The Hall–Kier alpha value is -2.80. The van der Waals surface area contributed by atoms with Crippen molar-refractivity contribution in [1.29, 1.82) is 0 Å². The smallest absolute Gasteiger partial charge is 0.236 e. The van der Waals surface area contributed by atoms with Crippen LogP contribution in [0.1, 0.15) is 19.0 Å². The highest BCUT2D eigenvalue weighted by Gasteiger charge is 2.25. The zero-order valence-electron chi connectivity index (χ0n) is 16.4. The number of ether oxygens (including phenoxy) is 2. The van der Waals surface area contributed by atoms with Crippen LogP contribution in [-0.4, -0.2) is 38.6 Å². The highest BCUT2D eigenvalue weighted by atomic mass is 32.2. The summed E-state index contributed by atoms with van der Waals surface area (Å²) in [6.45, 7) is 1.50. The third kappa shape index (κ3) is 3.62. The monoisotopic (exact) mass is 401 g/mol. The molecule has 0 saturated heterocycles. The maximum absolute atomic E-state index is 12.7. The summed E-state index contributed by atoms with van der Waals surface area (Å²) >= 11 is 0. The Morgan fingerprint density at radius 1 is 1.04 bits per heavy atom. The number of carbonyl (C=O) groups is 1. The zero-order chi connectivity index (χ0) is 20.5. The van der Waals surface area contributed by atoms with Gasteiger partial charge in [0.25, 0.3) is 0 Å². The Kier molecular flexibility index (Phi) is 5.47. The van der Waals surface area contributed by atoms with Crippen molar-refractivity contribution in [3.05, 3.63) is 48.2 Å². The van der Waals surface area contributed by atoms with Gasteiger partial charge in [-0.3, -0.25) is 0 Å². The highest BCUT2D eigenvalue weighted by Crippen LogP contribution is 2.42. The highest BCUT2D eigenvalue weighted by molar-refractivity contribution is 7.89. The molecule has 0 unspecified atom stereocenters. The average molecular weight is 401 g/mol. The van der Waals surface area contributed by atoms with Gasteiger partial charge in [0.2, 0.25) is 10.0 Å². The van der Waals surface area contributed by atoms with Gasteiger partial charge in [0.05, 0.1) is 26.0 Å². The molecule has 3 aromatic rings. The van der Waals surface area contributed by atoms with Crippen LogP contribution in [0.2, 0.25) is 0 Å². The molecule has 148 valence electrons. The zero-order valence-corrected chi connectivity index (χ0v) is 17.2. The summed E-state index contributed by atoms with van der Waals surface area (Å²) in [5.41, 5.74) is 2.73. The first-order chi connectivity index (χ1) is 13.3. The van der Waals surface area contributed by atoms with E-state index in [1.54, 1.807) is 12.1 Å². The van der Waals surface area contributed by atoms with Crippen LogP contribution >= 0.6 is 0 Å². The fourth-order valence-electron chi connectivity index (χ4n) is 3.47. The second-order valence-corrected chi connectivity index (χ2v) is 8.47. The number of Topliss-reactive ketones (excluding diaryl/α,β-unsaturated/α-hetero) is 1. The molecule has 0 aliphatic heterocycles. The lowest BCUT2D eigenvalue weighted by Crippen LogP contribution is -2.14.